The molecule has 0 aliphatic rings. The van der Waals surface area contributed by atoms with Gasteiger partial charge in [0.25, 0.3) is 5.91 Å². The van der Waals surface area contributed by atoms with Crippen LogP contribution in [-0.2, 0) is 4.74 Å². The molecule has 164 valence electrons. The second kappa shape index (κ2) is 9.28. The molecule has 0 saturated carbocycles. The Hall–Kier alpha value is -2.90. The van der Waals surface area contributed by atoms with Crippen LogP contribution in [0.15, 0.2) is 30.5 Å². The summed E-state index contributed by atoms with van der Waals surface area (Å²) in [6, 6.07) is 6.25. The van der Waals surface area contributed by atoms with Gasteiger partial charge in [0.15, 0.2) is 0 Å². The van der Waals surface area contributed by atoms with Crippen LogP contribution in [-0.4, -0.2) is 39.5 Å². The summed E-state index contributed by atoms with van der Waals surface area (Å²) in [6.45, 7) is 11.2. The molecule has 2 amide bonds. The lowest BCUT2D eigenvalue weighted by Gasteiger charge is -2.33. The maximum absolute atomic E-state index is 14.1. The Kier molecular flexibility index (Phi) is 7.23. The molecule has 0 aliphatic heterocycles. The first-order valence-corrected chi connectivity index (χ1v) is 10.1. The molecule has 2 rings (SSSR count). The molecule has 0 fully saturated rings. The van der Waals surface area contributed by atoms with E-state index in [-0.39, 0.29) is 18.1 Å². The van der Waals surface area contributed by atoms with E-state index in [4.69, 9.17) is 4.74 Å². The zero-order valence-electron chi connectivity index (χ0n) is 18.5. The Morgan fingerprint density at radius 1 is 1.17 bits per heavy atom. The third-order valence-corrected chi connectivity index (χ3v) is 5.04. The Bertz CT molecular complexity index is 898. The van der Waals surface area contributed by atoms with Gasteiger partial charge in [-0.05, 0) is 52.7 Å². The predicted molar refractivity (Wildman–Crippen MR) is 113 cm³/mol. The summed E-state index contributed by atoms with van der Waals surface area (Å²) >= 11 is 0. The summed E-state index contributed by atoms with van der Waals surface area (Å²) in [7, 11) is 0. The highest BCUT2D eigenvalue weighted by Gasteiger charge is 2.31. The summed E-state index contributed by atoms with van der Waals surface area (Å²) in [5, 5.41) is 9.96. The predicted octanol–water partition coefficient (Wildman–Crippen LogP) is 4.13. The van der Waals surface area contributed by atoms with Gasteiger partial charge < -0.3 is 15.4 Å². The van der Waals surface area contributed by atoms with Crippen molar-refractivity contribution >= 4 is 12.0 Å². The SMILES string of the molecule is CCC(CC)(CNC(=O)OC(C)(C)C)NC(=O)c1cnn(-c2ccccc2F)c1C. The van der Waals surface area contributed by atoms with Crippen LogP contribution >= 0.6 is 0 Å². The van der Waals surface area contributed by atoms with Gasteiger partial charge in [0.05, 0.1) is 23.0 Å². The molecule has 2 aromatic rings. The van der Waals surface area contributed by atoms with Crippen molar-refractivity contribution in [3.63, 3.8) is 0 Å². The molecule has 0 unspecified atom stereocenters. The first-order valence-electron chi connectivity index (χ1n) is 10.1. The number of nitrogens with zero attached hydrogens (tertiary/aromatic N) is 2. The summed E-state index contributed by atoms with van der Waals surface area (Å²) in [4.78, 5) is 25.0. The second-order valence-electron chi connectivity index (χ2n) is 8.30. The van der Waals surface area contributed by atoms with E-state index in [1.165, 1.54) is 16.9 Å². The van der Waals surface area contributed by atoms with Crippen molar-refractivity contribution in [3.8, 4) is 5.69 Å². The normalized spacial score (nSPS) is 11.8. The van der Waals surface area contributed by atoms with E-state index < -0.39 is 23.1 Å². The lowest BCUT2D eigenvalue weighted by Crippen LogP contribution is -2.55. The summed E-state index contributed by atoms with van der Waals surface area (Å²) in [5.41, 5.74) is -0.105. The molecule has 0 atom stereocenters. The molecular weight excluding hydrogens is 387 g/mol. The number of nitrogens with one attached hydrogen (secondary N) is 2. The molecular formula is C22H31FN4O3. The Balaban J connectivity index is 2.17. The van der Waals surface area contributed by atoms with Crippen molar-refractivity contribution in [3.05, 3.63) is 47.5 Å². The molecule has 0 spiro atoms. The number of amides is 2. The molecule has 30 heavy (non-hydrogen) atoms. The van der Waals surface area contributed by atoms with Gasteiger partial charge in [-0.1, -0.05) is 26.0 Å². The highest BCUT2D eigenvalue weighted by Crippen LogP contribution is 2.20. The van der Waals surface area contributed by atoms with Crippen LogP contribution in [0.5, 0.6) is 0 Å². The van der Waals surface area contributed by atoms with Crippen LogP contribution < -0.4 is 10.6 Å². The zero-order chi connectivity index (χ0) is 22.5. The first-order chi connectivity index (χ1) is 14.0. The minimum absolute atomic E-state index is 0.223. The number of aromatic nitrogens is 2. The van der Waals surface area contributed by atoms with Gasteiger partial charge in [-0.3, -0.25) is 4.79 Å². The third-order valence-electron chi connectivity index (χ3n) is 5.04. The van der Waals surface area contributed by atoms with Crippen molar-refractivity contribution in [1.82, 2.24) is 20.4 Å². The maximum atomic E-state index is 14.1. The van der Waals surface area contributed by atoms with Crippen molar-refractivity contribution in [2.45, 2.75) is 65.5 Å². The molecule has 0 bridgehead atoms. The van der Waals surface area contributed by atoms with Gasteiger partial charge in [-0.15, -0.1) is 0 Å². The quantitative estimate of drug-likeness (QED) is 0.708. The number of hydrogen-bond acceptors (Lipinski definition) is 4. The van der Waals surface area contributed by atoms with Crippen LogP contribution in [0, 0.1) is 12.7 Å². The molecule has 0 aliphatic carbocycles. The first kappa shape index (κ1) is 23.4. The Morgan fingerprint density at radius 3 is 2.37 bits per heavy atom. The molecule has 7 nitrogen and oxygen atoms in total. The average Bonchev–Trinajstić information content (AvgIpc) is 3.05. The van der Waals surface area contributed by atoms with Gasteiger partial charge in [-0.2, -0.15) is 5.10 Å². The van der Waals surface area contributed by atoms with Gasteiger partial charge in [0.2, 0.25) is 0 Å². The molecule has 8 heteroatoms. The van der Waals surface area contributed by atoms with E-state index in [0.717, 1.165) is 0 Å². The van der Waals surface area contributed by atoms with Gasteiger partial charge in [0.1, 0.15) is 17.1 Å². The second-order valence-corrected chi connectivity index (χ2v) is 8.30. The average molecular weight is 419 g/mol. The number of halogens is 1. The molecule has 0 radical (unpaired) electrons. The van der Waals surface area contributed by atoms with Crippen molar-refractivity contribution in [2.24, 2.45) is 0 Å². The standard InChI is InChI=1S/C22H31FN4O3/c1-7-22(8-2,14-24-20(29)30-21(4,5)6)26-19(28)16-13-25-27(15(16)3)18-12-10-9-11-17(18)23/h9-13H,7-8,14H2,1-6H3,(H,24,29)(H,26,28). The number of para-hydroxylation sites is 1. The summed E-state index contributed by atoms with van der Waals surface area (Å²) < 4.78 is 20.8. The van der Waals surface area contributed by atoms with Crippen molar-refractivity contribution in [1.29, 1.82) is 0 Å². The van der Waals surface area contributed by atoms with E-state index in [9.17, 15) is 14.0 Å². The smallest absolute Gasteiger partial charge is 0.407 e. The molecule has 2 N–H and O–H groups in total. The van der Waals surface area contributed by atoms with Crippen molar-refractivity contribution in [2.75, 3.05) is 6.54 Å². The van der Waals surface area contributed by atoms with E-state index in [0.29, 0.717) is 24.1 Å². The number of carbonyl (C=O) groups excluding carboxylic acids is 2. The number of rotatable bonds is 7. The molecule has 0 saturated heterocycles. The zero-order valence-corrected chi connectivity index (χ0v) is 18.5. The van der Waals surface area contributed by atoms with E-state index in [2.05, 4.69) is 15.7 Å². The maximum Gasteiger partial charge on any atom is 0.407 e. The number of benzene rings is 1. The monoisotopic (exact) mass is 418 g/mol. The molecule has 1 aromatic heterocycles. The third kappa shape index (κ3) is 5.58. The fourth-order valence-electron chi connectivity index (χ4n) is 3.08. The highest BCUT2D eigenvalue weighted by atomic mass is 19.1. The van der Waals surface area contributed by atoms with E-state index in [1.807, 2.05) is 13.8 Å². The largest absolute Gasteiger partial charge is 0.444 e. The van der Waals surface area contributed by atoms with Gasteiger partial charge in [-0.25, -0.2) is 13.9 Å². The van der Waals surface area contributed by atoms with E-state index >= 15 is 0 Å². The van der Waals surface area contributed by atoms with Gasteiger partial charge >= 0.3 is 6.09 Å². The van der Waals surface area contributed by atoms with E-state index in [1.54, 1.807) is 45.9 Å². The highest BCUT2D eigenvalue weighted by molar-refractivity contribution is 5.95. The number of alkyl carbamates (subject to hydrolysis) is 1. The van der Waals surface area contributed by atoms with Crippen LogP contribution in [0.3, 0.4) is 0 Å². The minimum atomic E-state index is -0.652. The summed E-state index contributed by atoms with van der Waals surface area (Å²) in [5.74, 6) is -0.751. The van der Waals surface area contributed by atoms with Gasteiger partial charge in [0, 0.05) is 6.54 Å². The Morgan fingerprint density at radius 2 is 1.80 bits per heavy atom. The minimum Gasteiger partial charge on any atom is -0.444 e. The lowest BCUT2D eigenvalue weighted by atomic mass is 9.92. The van der Waals surface area contributed by atoms with Crippen LogP contribution in [0.4, 0.5) is 9.18 Å². The number of carbonyl (C=O) groups is 2. The number of ether oxygens (including phenoxy) is 1. The van der Waals surface area contributed by atoms with Crippen LogP contribution in [0.25, 0.3) is 5.69 Å². The van der Waals surface area contributed by atoms with Crippen LogP contribution in [0.1, 0.15) is 63.5 Å². The van der Waals surface area contributed by atoms with Crippen molar-refractivity contribution < 1.29 is 18.7 Å². The topological polar surface area (TPSA) is 85.2 Å². The van der Waals surface area contributed by atoms with Crippen LogP contribution in [0.2, 0.25) is 0 Å². The summed E-state index contributed by atoms with van der Waals surface area (Å²) in [6.07, 6.45) is 2.09. The molecule has 1 aromatic carbocycles. The fraction of sp³-hybridized carbons (Fsp3) is 0.500. The number of hydrogen-bond donors (Lipinski definition) is 2. The Labute approximate surface area is 177 Å². The molecule has 1 heterocycles. The lowest BCUT2D eigenvalue weighted by molar-refractivity contribution is 0.0501. The fourth-order valence-corrected chi connectivity index (χ4v) is 3.08.